The van der Waals surface area contributed by atoms with Crippen LogP contribution < -0.4 is 10.2 Å². The fourth-order valence-corrected chi connectivity index (χ4v) is 3.98. The summed E-state index contributed by atoms with van der Waals surface area (Å²) in [6.07, 6.45) is -3.13. The van der Waals surface area contributed by atoms with Crippen molar-refractivity contribution in [3.05, 3.63) is 29.8 Å². The third kappa shape index (κ3) is 5.56. The van der Waals surface area contributed by atoms with Crippen molar-refractivity contribution in [1.29, 1.82) is 0 Å². The van der Waals surface area contributed by atoms with Crippen LogP contribution in [0.3, 0.4) is 0 Å². The number of carbonyl (C=O) groups is 1. The molecule has 0 bridgehead atoms. The zero-order valence-corrected chi connectivity index (χ0v) is 15.4. The van der Waals surface area contributed by atoms with E-state index in [-0.39, 0.29) is 25.3 Å². The van der Waals surface area contributed by atoms with Gasteiger partial charge in [0.2, 0.25) is 5.91 Å². The van der Waals surface area contributed by atoms with Crippen molar-refractivity contribution in [3.8, 4) is 0 Å². The first-order valence-corrected chi connectivity index (χ1v) is 9.50. The lowest BCUT2D eigenvalue weighted by atomic mass is 9.85. The molecule has 1 N–H and O–H groups in total. The fourth-order valence-electron chi connectivity index (χ4n) is 3.98. The molecule has 1 aliphatic heterocycles. The number of halogens is 5. The van der Waals surface area contributed by atoms with E-state index in [0.717, 1.165) is 6.07 Å². The molecule has 1 amide bonds. The van der Waals surface area contributed by atoms with Gasteiger partial charge in [-0.25, -0.2) is 8.78 Å². The van der Waals surface area contributed by atoms with E-state index in [1.807, 2.05) is 9.80 Å². The summed E-state index contributed by atoms with van der Waals surface area (Å²) in [6.45, 7) is 2.19. The second-order valence-electron chi connectivity index (χ2n) is 7.56. The van der Waals surface area contributed by atoms with Crippen LogP contribution in [0.15, 0.2) is 18.2 Å². The summed E-state index contributed by atoms with van der Waals surface area (Å²) in [5.41, 5.74) is 0.460. The Bertz CT molecular complexity index is 668. The lowest BCUT2D eigenvalue weighted by Gasteiger charge is -2.36. The molecule has 156 valence electrons. The minimum absolute atomic E-state index is 0.0614. The van der Waals surface area contributed by atoms with Crippen LogP contribution in [-0.2, 0) is 4.79 Å². The maximum absolute atomic E-state index is 13.4. The zero-order valence-electron chi connectivity index (χ0n) is 15.4. The molecule has 0 radical (unpaired) electrons. The first kappa shape index (κ1) is 20.8. The Hall–Kier alpha value is -1.90. The molecule has 0 spiro atoms. The molecule has 1 heterocycles. The van der Waals surface area contributed by atoms with Gasteiger partial charge < -0.3 is 10.2 Å². The number of anilines is 1. The molecule has 4 nitrogen and oxygen atoms in total. The Balaban J connectivity index is 1.45. The Morgan fingerprint density at radius 1 is 1.04 bits per heavy atom. The maximum Gasteiger partial charge on any atom is 0.391 e. The summed E-state index contributed by atoms with van der Waals surface area (Å²) < 4.78 is 65.3. The molecule has 0 unspecified atom stereocenters. The van der Waals surface area contributed by atoms with Gasteiger partial charge in [-0.3, -0.25) is 9.69 Å². The standard InChI is InChI=1S/C19H24F5N3O/c20-14-9-15(21)11-17(10-14)27-6-4-26(5-7-27)12-18(28)25-16-3-1-2-13(8-16)19(22,23)24/h9-11,13,16H,1-8,12H2,(H,25,28)/t13-,16-/m1/s1. The van der Waals surface area contributed by atoms with Crippen molar-refractivity contribution in [2.45, 2.75) is 37.9 Å². The van der Waals surface area contributed by atoms with E-state index in [9.17, 15) is 26.7 Å². The molecule has 3 rings (SSSR count). The first-order chi connectivity index (χ1) is 13.2. The Labute approximate surface area is 160 Å². The smallest absolute Gasteiger partial charge is 0.369 e. The minimum atomic E-state index is -4.21. The molecular formula is C19H24F5N3O. The number of amides is 1. The normalized spacial score (nSPS) is 24.2. The highest BCUT2D eigenvalue weighted by Gasteiger charge is 2.42. The fraction of sp³-hybridized carbons (Fsp3) is 0.632. The van der Waals surface area contributed by atoms with Crippen LogP contribution >= 0.6 is 0 Å². The van der Waals surface area contributed by atoms with Gasteiger partial charge in [0.1, 0.15) is 11.6 Å². The van der Waals surface area contributed by atoms with E-state index in [2.05, 4.69) is 5.32 Å². The van der Waals surface area contributed by atoms with Gasteiger partial charge in [-0.1, -0.05) is 6.42 Å². The third-order valence-corrected chi connectivity index (χ3v) is 5.45. The highest BCUT2D eigenvalue weighted by Crippen LogP contribution is 2.37. The number of hydrogen-bond donors (Lipinski definition) is 1. The average Bonchev–Trinajstić information content (AvgIpc) is 2.61. The van der Waals surface area contributed by atoms with Gasteiger partial charge in [0.25, 0.3) is 0 Å². The second-order valence-corrected chi connectivity index (χ2v) is 7.56. The second kappa shape index (κ2) is 8.63. The van der Waals surface area contributed by atoms with E-state index in [1.165, 1.54) is 12.1 Å². The van der Waals surface area contributed by atoms with Crippen LogP contribution in [0.4, 0.5) is 27.6 Å². The predicted octanol–water partition coefficient (Wildman–Crippen LogP) is 3.32. The molecule has 1 saturated carbocycles. The molecule has 2 fully saturated rings. The molecule has 1 saturated heterocycles. The molecule has 2 aliphatic rings. The molecule has 1 aromatic carbocycles. The van der Waals surface area contributed by atoms with Crippen LogP contribution in [0.25, 0.3) is 0 Å². The number of alkyl halides is 3. The Morgan fingerprint density at radius 3 is 2.29 bits per heavy atom. The number of nitrogens with zero attached hydrogens (tertiary/aromatic N) is 2. The van der Waals surface area contributed by atoms with Gasteiger partial charge in [0.15, 0.2) is 0 Å². The minimum Gasteiger partial charge on any atom is -0.369 e. The average molecular weight is 405 g/mol. The van der Waals surface area contributed by atoms with Crippen molar-refractivity contribution in [3.63, 3.8) is 0 Å². The summed E-state index contributed by atoms with van der Waals surface area (Å²) in [5.74, 6) is -2.90. The summed E-state index contributed by atoms with van der Waals surface area (Å²) >= 11 is 0. The topological polar surface area (TPSA) is 35.6 Å². The molecule has 0 aromatic heterocycles. The van der Waals surface area contributed by atoms with Crippen molar-refractivity contribution in [2.24, 2.45) is 5.92 Å². The molecule has 2 atom stereocenters. The van der Waals surface area contributed by atoms with E-state index in [0.29, 0.717) is 44.7 Å². The summed E-state index contributed by atoms with van der Waals surface area (Å²) in [6, 6.07) is 2.92. The van der Waals surface area contributed by atoms with Crippen LogP contribution in [-0.4, -0.2) is 55.7 Å². The monoisotopic (exact) mass is 405 g/mol. The SMILES string of the molecule is O=C(CN1CCN(c2cc(F)cc(F)c2)CC1)N[C@@H]1CCC[C@@H](C(F)(F)F)C1. The van der Waals surface area contributed by atoms with Crippen LogP contribution in [0.2, 0.25) is 0 Å². The number of piperazine rings is 1. The highest BCUT2D eigenvalue weighted by molar-refractivity contribution is 5.78. The van der Waals surface area contributed by atoms with Crippen LogP contribution in [0.5, 0.6) is 0 Å². The lowest BCUT2D eigenvalue weighted by molar-refractivity contribution is -0.184. The third-order valence-electron chi connectivity index (χ3n) is 5.45. The lowest BCUT2D eigenvalue weighted by Crippen LogP contribution is -2.51. The summed E-state index contributed by atoms with van der Waals surface area (Å²) in [4.78, 5) is 16.0. The number of nitrogens with one attached hydrogen (secondary N) is 1. The van der Waals surface area contributed by atoms with E-state index >= 15 is 0 Å². The predicted molar refractivity (Wildman–Crippen MR) is 95.0 cm³/mol. The van der Waals surface area contributed by atoms with Gasteiger partial charge in [0, 0.05) is 44.0 Å². The quantitative estimate of drug-likeness (QED) is 0.781. The van der Waals surface area contributed by atoms with Crippen LogP contribution in [0, 0.1) is 17.6 Å². The van der Waals surface area contributed by atoms with Gasteiger partial charge in [0.05, 0.1) is 12.5 Å². The van der Waals surface area contributed by atoms with Gasteiger partial charge >= 0.3 is 6.18 Å². The number of carbonyl (C=O) groups excluding carboxylic acids is 1. The van der Waals surface area contributed by atoms with Gasteiger partial charge in [-0.05, 0) is 31.4 Å². The number of hydrogen-bond acceptors (Lipinski definition) is 3. The van der Waals surface area contributed by atoms with Gasteiger partial charge in [-0.2, -0.15) is 13.2 Å². The zero-order chi connectivity index (χ0) is 20.3. The molecule has 1 aliphatic carbocycles. The number of rotatable bonds is 4. The largest absolute Gasteiger partial charge is 0.391 e. The maximum atomic E-state index is 13.4. The van der Waals surface area contributed by atoms with Crippen molar-refractivity contribution in [1.82, 2.24) is 10.2 Å². The Kier molecular flexibility index (Phi) is 6.42. The van der Waals surface area contributed by atoms with E-state index < -0.39 is 29.8 Å². The van der Waals surface area contributed by atoms with Crippen LogP contribution in [0.1, 0.15) is 25.7 Å². The first-order valence-electron chi connectivity index (χ1n) is 9.50. The molecule has 1 aromatic rings. The molecular weight excluding hydrogens is 381 g/mol. The summed E-state index contributed by atoms with van der Waals surface area (Å²) in [5, 5.41) is 2.73. The number of benzene rings is 1. The summed E-state index contributed by atoms with van der Waals surface area (Å²) in [7, 11) is 0. The van der Waals surface area contributed by atoms with Crippen molar-refractivity contribution >= 4 is 11.6 Å². The van der Waals surface area contributed by atoms with E-state index in [4.69, 9.17) is 0 Å². The molecule has 28 heavy (non-hydrogen) atoms. The van der Waals surface area contributed by atoms with Crippen molar-refractivity contribution < 1.29 is 26.7 Å². The Morgan fingerprint density at radius 2 is 1.68 bits per heavy atom. The highest BCUT2D eigenvalue weighted by atomic mass is 19.4. The van der Waals surface area contributed by atoms with Crippen molar-refractivity contribution in [2.75, 3.05) is 37.6 Å². The van der Waals surface area contributed by atoms with Gasteiger partial charge in [-0.15, -0.1) is 0 Å². The van der Waals surface area contributed by atoms with E-state index in [1.54, 1.807) is 0 Å². The molecule has 9 heteroatoms.